The quantitative estimate of drug-likeness (QED) is 0.725. The second kappa shape index (κ2) is 5.47. The highest BCUT2D eigenvalue weighted by atomic mass is 16.2. The largest absolute Gasteiger partial charge is 0.340 e. The summed E-state index contributed by atoms with van der Waals surface area (Å²) in [6.07, 6.45) is 0.791. The van der Waals surface area contributed by atoms with Crippen LogP contribution in [0.4, 0.5) is 0 Å². The van der Waals surface area contributed by atoms with Crippen LogP contribution in [0, 0.1) is 5.92 Å². The van der Waals surface area contributed by atoms with Crippen molar-refractivity contribution in [2.45, 2.75) is 26.3 Å². The molecule has 2 N–H and O–H groups in total. The highest BCUT2D eigenvalue weighted by Crippen LogP contribution is 2.12. The van der Waals surface area contributed by atoms with Crippen molar-refractivity contribution in [3.8, 4) is 0 Å². The Morgan fingerprint density at radius 2 is 2.20 bits per heavy atom. The van der Waals surface area contributed by atoms with E-state index in [-0.39, 0.29) is 11.8 Å². The monoisotopic (exact) mass is 213 g/mol. The lowest BCUT2D eigenvalue weighted by molar-refractivity contribution is -0.137. The average molecular weight is 213 g/mol. The zero-order valence-electron chi connectivity index (χ0n) is 10.1. The lowest BCUT2D eigenvalue weighted by Crippen LogP contribution is -2.53. The van der Waals surface area contributed by atoms with E-state index in [2.05, 4.69) is 18.9 Å². The summed E-state index contributed by atoms with van der Waals surface area (Å²) in [6.45, 7) is 7.41. The van der Waals surface area contributed by atoms with Crippen molar-refractivity contribution in [2.24, 2.45) is 11.7 Å². The summed E-state index contributed by atoms with van der Waals surface area (Å²) in [5.74, 6) is 0.339. The molecule has 0 aromatic rings. The Morgan fingerprint density at radius 3 is 2.73 bits per heavy atom. The van der Waals surface area contributed by atoms with Crippen molar-refractivity contribution < 1.29 is 4.79 Å². The van der Waals surface area contributed by atoms with Crippen molar-refractivity contribution in [3.63, 3.8) is 0 Å². The molecule has 4 nitrogen and oxygen atoms in total. The van der Waals surface area contributed by atoms with Crippen LogP contribution in [-0.2, 0) is 4.79 Å². The highest BCUT2D eigenvalue weighted by Gasteiger charge is 2.26. The van der Waals surface area contributed by atoms with Crippen LogP contribution in [0.5, 0.6) is 0 Å². The number of carbonyl (C=O) groups excluding carboxylic acids is 1. The van der Waals surface area contributed by atoms with Crippen molar-refractivity contribution in [1.82, 2.24) is 9.80 Å². The Morgan fingerprint density at radius 1 is 1.53 bits per heavy atom. The summed E-state index contributed by atoms with van der Waals surface area (Å²) in [5.41, 5.74) is 5.47. The molecular formula is C11H23N3O. The van der Waals surface area contributed by atoms with E-state index in [9.17, 15) is 4.79 Å². The number of hydrogen-bond donors (Lipinski definition) is 1. The summed E-state index contributed by atoms with van der Waals surface area (Å²) in [7, 11) is 2.11. The lowest BCUT2D eigenvalue weighted by atomic mass is 10.1. The third-order valence-electron chi connectivity index (χ3n) is 3.29. The van der Waals surface area contributed by atoms with Gasteiger partial charge >= 0.3 is 0 Å². The van der Waals surface area contributed by atoms with Gasteiger partial charge < -0.3 is 15.5 Å². The second-order valence-corrected chi connectivity index (χ2v) is 4.59. The van der Waals surface area contributed by atoms with Gasteiger partial charge in [-0.15, -0.1) is 0 Å². The predicted molar refractivity (Wildman–Crippen MR) is 61.5 cm³/mol. The van der Waals surface area contributed by atoms with E-state index in [1.165, 1.54) is 0 Å². The van der Waals surface area contributed by atoms with Crippen LogP contribution < -0.4 is 5.73 Å². The lowest BCUT2D eigenvalue weighted by Gasteiger charge is -2.38. The van der Waals surface area contributed by atoms with Gasteiger partial charge in [0.25, 0.3) is 0 Å². The van der Waals surface area contributed by atoms with E-state index in [1.54, 1.807) is 0 Å². The van der Waals surface area contributed by atoms with Crippen LogP contribution in [0.15, 0.2) is 0 Å². The number of nitrogens with two attached hydrogens (primary N) is 1. The van der Waals surface area contributed by atoms with Crippen molar-refractivity contribution >= 4 is 5.91 Å². The van der Waals surface area contributed by atoms with Crippen LogP contribution in [0.1, 0.15) is 20.3 Å². The predicted octanol–water partition coefficient (Wildman–Crippen LogP) is 0.134. The normalized spacial score (nSPS) is 25.3. The number of likely N-dealkylation sites (N-methyl/N-ethyl adjacent to an activating group) is 1. The molecule has 4 heteroatoms. The Hall–Kier alpha value is -0.610. The molecule has 15 heavy (non-hydrogen) atoms. The first-order valence-corrected chi connectivity index (χ1v) is 5.75. The molecule has 2 atom stereocenters. The van der Waals surface area contributed by atoms with E-state index in [4.69, 9.17) is 5.73 Å². The van der Waals surface area contributed by atoms with E-state index < -0.39 is 0 Å². The van der Waals surface area contributed by atoms with Gasteiger partial charge in [0.05, 0.1) is 0 Å². The van der Waals surface area contributed by atoms with Gasteiger partial charge in [0, 0.05) is 31.6 Å². The molecule has 1 rings (SSSR count). The van der Waals surface area contributed by atoms with Crippen LogP contribution in [0.3, 0.4) is 0 Å². The summed E-state index contributed by atoms with van der Waals surface area (Å²) < 4.78 is 0. The fraction of sp³-hybridized carbons (Fsp3) is 0.909. The van der Waals surface area contributed by atoms with Crippen molar-refractivity contribution in [3.05, 3.63) is 0 Å². The first-order chi connectivity index (χ1) is 7.06. The molecule has 1 saturated heterocycles. The molecule has 0 bridgehead atoms. The third-order valence-corrected chi connectivity index (χ3v) is 3.29. The van der Waals surface area contributed by atoms with Gasteiger partial charge in [-0.3, -0.25) is 4.79 Å². The molecule has 0 saturated carbocycles. The number of amides is 1. The standard InChI is InChI=1S/C11H23N3O/c1-9(4-5-12)11(15)14-7-6-13(3)10(2)8-14/h9-10H,4-8,12H2,1-3H3. The zero-order chi connectivity index (χ0) is 11.4. The van der Waals surface area contributed by atoms with Gasteiger partial charge in [0.2, 0.25) is 5.91 Å². The molecule has 0 aromatic carbocycles. The van der Waals surface area contributed by atoms with Crippen LogP contribution in [0.25, 0.3) is 0 Å². The smallest absolute Gasteiger partial charge is 0.225 e. The second-order valence-electron chi connectivity index (χ2n) is 4.59. The molecule has 0 aliphatic carbocycles. The van der Waals surface area contributed by atoms with E-state index in [1.807, 2.05) is 11.8 Å². The molecule has 1 heterocycles. The van der Waals surface area contributed by atoms with Crippen LogP contribution >= 0.6 is 0 Å². The van der Waals surface area contributed by atoms with Gasteiger partial charge in [-0.2, -0.15) is 0 Å². The Balaban J connectivity index is 2.47. The summed E-state index contributed by atoms with van der Waals surface area (Å²) in [6, 6.07) is 0.466. The molecule has 0 spiro atoms. The first kappa shape index (κ1) is 12.5. The molecule has 0 radical (unpaired) electrons. The molecule has 88 valence electrons. The van der Waals surface area contributed by atoms with Gasteiger partial charge in [0.15, 0.2) is 0 Å². The van der Waals surface area contributed by atoms with Crippen molar-refractivity contribution in [2.75, 3.05) is 33.2 Å². The summed E-state index contributed by atoms with van der Waals surface area (Å²) in [4.78, 5) is 16.3. The maximum atomic E-state index is 12.0. The molecule has 1 amide bonds. The summed E-state index contributed by atoms with van der Waals surface area (Å²) in [5, 5.41) is 0. The number of piperazine rings is 1. The minimum absolute atomic E-state index is 0.0746. The summed E-state index contributed by atoms with van der Waals surface area (Å²) >= 11 is 0. The fourth-order valence-corrected chi connectivity index (χ4v) is 1.93. The maximum Gasteiger partial charge on any atom is 0.225 e. The number of carbonyl (C=O) groups is 1. The van der Waals surface area contributed by atoms with Gasteiger partial charge in [-0.25, -0.2) is 0 Å². The molecule has 1 aliphatic heterocycles. The minimum atomic E-state index is 0.0746. The Bertz CT molecular complexity index is 220. The Kier molecular flexibility index (Phi) is 4.54. The van der Waals surface area contributed by atoms with Gasteiger partial charge in [-0.05, 0) is 26.9 Å². The molecule has 2 unspecified atom stereocenters. The topological polar surface area (TPSA) is 49.6 Å². The Labute approximate surface area is 92.4 Å². The molecule has 1 fully saturated rings. The minimum Gasteiger partial charge on any atom is -0.340 e. The van der Waals surface area contributed by atoms with E-state index in [0.29, 0.717) is 12.6 Å². The SMILES string of the molecule is CC(CCN)C(=O)N1CCN(C)C(C)C1. The highest BCUT2D eigenvalue weighted by molar-refractivity contribution is 5.78. The van der Waals surface area contributed by atoms with Gasteiger partial charge in [0.1, 0.15) is 0 Å². The van der Waals surface area contributed by atoms with Crippen LogP contribution in [-0.4, -0.2) is 55.0 Å². The first-order valence-electron chi connectivity index (χ1n) is 5.75. The number of nitrogens with zero attached hydrogens (tertiary/aromatic N) is 2. The molecular weight excluding hydrogens is 190 g/mol. The number of hydrogen-bond acceptors (Lipinski definition) is 3. The molecule has 1 aliphatic rings. The van der Waals surface area contributed by atoms with Crippen molar-refractivity contribution in [1.29, 1.82) is 0 Å². The number of rotatable bonds is 3. The fourth-order valence-electron chi connectivity index (χ4n) is 1.93. The van der Waals surface area contributed by atoms with Crippen LogP contribution in [0.2, 0.25) is 0 Å². The van der Waals surface area contributed by atoms with Gasteiger partial charge in [-0.1, -0.05) is 6.92 Å². The average Bonchev–Trinajstić information content (AvgIpc) is 2.21. The zero-order valence-corrected chi connectivity index (χ0v) is 10.1. The van der Waals surface area contributed by atoms with E-state index in [0.717, 1.165) is 26.1 Å². The van der Waals surface area contributed by atoms with E-state index >= 15 is 0 Å². The molecule has 0 aromatic heterocycles. The third kappa shape index (κ3) is 3.18. The maximum absolute atomic E-state index is 12.0.